The Morgan fingerprint density at radius 2 is 2.10 bits per heavy atom. The molecule has 114 valence electrons. The van der Waals surface area contributed by atoms with Gasteiger partial charge in [0.1, 0.15) is 5.94 Å². The van der Waals surface area contributed by atoms with E-state index in [9.17, 15) is 4.79 Å². The van der Waals surface area contributed by atoms with Gasteiger partial charge in [0, 0.05) is 12.0 Å². The number of hydrogen-bond donors (Lipinski definition) is 0. The smallest absolute Gasteiger partial charge is 0.120 e. The number of rotatable bonds is 5. The molecule has 1 unspecified atom stereocenters. The van der Waals surface area contributed by atoms with Crippen molar-refractivity contribution in [2.45, 2.75) is 53.9 Å². The SMILES string of the molecule is CC1=C(/C=C/C(C)=C\C=C\C(C)C=C=O)C(C)(C)CCC1. The Balaban J connectivity index is 2.77. The third-order valence-corrected chi connectivity index (χ3v) is 4.16. The summed E-state index contributed by atoms with van der Waals surface area (Å²) in [5.74, 6) is 1.96. The monoisotopic (exact) mass is 284 g/mol. The molecule has 0 radical (unpaired) electrons. The van der Waals surface area contributed by atoms with Gasteiger partial charge in [0.25, 0.3) is 0 Å². The molecule has 0 amide bonds. The lowest BCUT2D eigenvalue weighted by atomic mass is 9.72. The molecule has 0 heterocycles. The quantitative estimate of drug-likeness (QED) is 0.474. The molecule has 0 saturated carbocycles. The molecule has 0 N–H and O–H groups in total. The van der Waals surface area contributed by atoms with Crippen molar-refractivity contribution in [2.24, 2.45) is 11.3 Å². The van der Waals surface area contributed by atoms with E-state index in [0.717, 1.165) is 0 Å². The van der Waals surface area contributed by atoms with E-state index in [4.69, 9.17) is 0 Å². The standard InChI is InChI=1S/C20H28O/c1-16(8-6-9-17(2)13-15-21)11-12-19-18(3)10-7-14-20(19,4)5/h6,8-9,11-13,17H,7,10,14H2,1-5H3/b9-6+,12-11+,16-8-. The second-order valence-electron chi connectivity index (χ2n) is 6.70. The minimum atomic E-state index is 0.137. The maximum Gasteiger partial charge on any atom is 0.120 e. The highest BCUT2D eigenvalue weighted by molar-refractivity contribution is 5.46. The predicted octanol–water partition coefficient (Wildman–Crippen LogP) is 5.60. The summed E-state index contributed by atoms with van der Waals surface area (Å²) in [6.45, 7) is 11.0. The van der Waals surface area contributed by atoms with E-state index in [-0.39, 0.29) is 11.3 Å². The zero-order valence-corrected chi connectivity index (χ0v) is 14.1. The highest BCUT2D eigenvalue weighted by Gasteiger charge is 2.26. The van der Waals surface area contributed by atoms with Gasteiger partial charge in [0.2, 0.25) is 0 Å². The highest BCUT2D eigenvalue weighted by atomic mass is 16.1. The first kappa shape index (κ1) is 17.5. The average Bonchev–Trinajstić information content (AvgIpc) is 2.37. The first-order valence-corrected chi connectivity index (χ1v) is 7.81. The van der Waals surface area contributed by atoms with E-state index in [1.54, 1.807) is 0 Å². The summed E-state index contributed by atoms with van der Waals surface area (Å²) in [7, 11) is 0. The number of carbonyl (C=O) groups excluding carboxylic acids is 1. The van der Waals surface area contributed by atoms with E-state index in [0.29, 0.717) is 0 Å². The largest absolute Gasteiger partial charge is 0.234 e. The van der Waals surface area contributed by atoms with Gasteiger partial charge in [-0.2, -0.15) is 0 Å². The maximum absolute atomic E-state index is 10.2. The second kappa shape index (κ2) is 8.00. The Morgan fingerprint density at radius 1 is 1.38 bits per heavy atom. The van der Waals surface area contributed by atoms with Gasteiger partial charge in [0.15, 0.2) is 0 Å². The van der Waals surface area contributed by atoms with Crippen molar-refractivity contribution in [3.63, 3.8) is 0 Å². The van der Waals surface area contributed by atoms with E-state index < -0.39 is 0 Å². The van der Waals surface area contributed by atoms with Gasteiger partial charge in [-0.05, 0) is 44.1 Å². The van der Waals surface area contributed by atoms with Crippen LogP contribution in [0.1, 0.15) is 53.9 Å². The van der Waals surface area contributed by atoms with Crippen molar-refractivity contribution in [1.82, 2.24) is 0 Å². The predicted molar refractivity (Wildman–Crippen MR) is 91.8 cm³/mol. The lowest BCUT2D eigenvalue weighted by Crippen LogP contribution is -2.19. The van der Waals surface area contributed by atoms with Crippen LogP contribution in [0.2, 0.25) is 0 Å². The van der Waals surface area contributed by atoms with Gasteiger partial charge >= 0.3 is 0 Å². The lowest BCUT2D eigenvalue weighted by molar-refractivity contribution is 0.377. The van der Waals surface area contributed by atoms with Gasteiger partial charge < -0.3 is 0 Å². The summed E-state index contributed by atoms with van der Waals surface area (Å²) in [6, 6.07) is 0. The fourth-order valence-corrected chi connectivity index (χ4v) is 2.83. The van der Waals surface area contributed by atoms with Crippen molar-refractivity contribution >= 4 is 5.94 Å². The summed E-state index contributed by atoms with van der Waals surface area (Å²) in [5.41, 5.74) is 4.52. The molecule has 1 aliphatic rings. The van der Waals surface area contributed by atoms with Crippen LogP contribution in [0.4, 0.5) is 0 Å². The van der Waals surface area contributed by atoms with E-state index in [2.05, 4.69) is 45.9 Å². The molecule has 0 aromatic carbocycles. The summed E-state index contributed by atoms with van der Waals surface area (Å²) in [6.07, 6.45) is 15.9. The zero-order chi connectivity index (χ0) is 15.9. The van der Waals surface area contributed by atoms with Crippen LogP contribution in [-0.2, 0) is 4.79 Å². The lowest BCUT2D eigenvalue weighted by Gasteiger charge is -2.32. The van der Waals surface area contributed by atoms with Gasteiger partial charge in [-0.3, -0.25) is 0 Å². The van der Waals surface area contributed by atoms with Gasteiger partial charge in [-0.25, -0.2) is 4.79 Å². The molecular weight excluding hydrogens is 256 g/mol. The van der Waals surface area contributed by atoms with E-state index in [1.807, 2.05) is 25.0 Å². The number of allylic oxidation sites excluding steroid dienone is 9. The normalized spacial score (nSPS) is 20.9. The topological polar surface area (TPSA) is 17.1 Å². The highest BCUT2D eigenvalue weighted by Crippen LogP contribution is 2.40. The van der Waals surface area contributed by atoms with Crippen LogP contribution in [0.5, 0.6) is 0 Å². The summed E-state index contributed by atoms with van der Waals surface area (Å²) < 4.78 is 0. The Morgan fingerprint density at radius 3 is 2.71 bits per heavy atom. The van der Waals surface area contributed by atoms with Crippen LogP contribution in [0.15, 0.2) is 53.2 Å². The fourth-order valence-electron chi connectivity index (χ4n) is 2.83. The molecule has 0 aliphatic heterocycles. The van der Waals surface area contributed by atoms with Crippen molar-refractivity contribution in [1.29, 1.82) is 0 Å². The molecule has 1 rings (SSSR count). The molecule has 21 heavy (non-hydrogen) atoms. The summed E-state index contributed by atoms with van der Waals surface area (Å²) in [4.78, 5) is 10.2. The van der Waals surface area contributed by atoms with Crippen molar-refractivity contribution in [3.05, 3.63) is 53.2 Å². The molecular formula is C20H28O. The fraction of sp³-hybridized carbons (Fsp3) is 0.500. The van der Waals surface area contributed by atoms with Crippen LogP contribution in [0, 0.1) is 11.3 Å². The third-order valence-electron chi connectivity index (χ3n) is 4.16. The van der Waals surface area contributed by atoms with Crippen LogP contribution >= 0.6 is 0 Å². The third kappa shape index (κ3) is 5.73. The molecule has 0 aromatic rings. The second-order valence-corrected chi connectivity index (χ2v) is 6.70. The molecule has 1 nitrogen and oxygen atoms in total. The first-order chi connectivity index (χ1) is 9.86. The van der Waals surface area contributed by atoms with Gasteiger partial charge in [-0.15, -0.1) is 0 Å². The molecule has 0 saturated heterocycles. The zero-order valence-electron chi connectivity index (χ0n) is 14.1. The van der Waals surface area contributed by atoms with Crippen molar-refractivity contribution in [2.75, 3.05) is 0 Å². The Bertz CT molecular complexity index is 520. The van der Waals surface area contributed by atoms with Crippen molar-refractivity contribution in [3.8, 4) is 0 Å². The molecule has 1 heteroatoms. The molecule has 0 fully saturated rings. The van der Waals surface area contributed by atoms with Gasteiger partial charge in [-0.1, -0.05) is 62.3 Å². The van der Waals surface area contributed by atoms with Crippen molar-refractivity contribution < 1.29 is 4.79 Å². The van der Waals surface area contributed by atoms with E-state index >= 15 is 0 Å². The number of hydrogen-bond acceptors (Lipinski definition) is 1. The Hall–Kier alpha value is -1.59. The van der Waals surface area contributed by atoms with Crippen LogP contribution in [-0.4, -0.2) is 5.94 Å². The van der Waals surface area contributed by atoms with Crippen LogP contribution in [0.3, 0.4) is 0 Å². The Kier molecular flexibility index (Phi) is 6.65. The first-order valence-electron chi connectivity index (χ1n) is 7.81. The average molecular weight is 284 g/mol. The minimum absolute atomic E-state index is 0.137. The van der Waals surface area contributed by atoms with Gasteiger partial charge in [0.05, 0.1) is 0 Å². The summed E-state index contributed by atoms with van der Waals surface area (Å²) in [5, 5.41) is 0. The molecule has 0 bridgehead atoms. The molecule has 1 atom stereocenters. The summed E-state index contributed by atoms with van der Waals surface area (Å²) >= 11 is 0. The van der Waals surface area contributed by atoms with E-state index in [1.165, 1.54) is 42.1 Å². The molecule has 1 aliphatic carbocycles. The molecule has 0 spiro atoms. The molecule has 0 aromatic heterocycles. The maximum atomic E-state index is 10.2. The van der Waals surface area contributed by atoms with Crippen LogP contribution < -0.4 is 0 Å². The van der Waals surface area contributed by atoms with Crippen LogP contribution in [0.25, 0.3) is 0 Å². The Labute approximate surface area is 129 Å². The minimum Gasteiger partial charge on any atom is -0.234 e.